The lowest BCUT2D eigenvalue weighted by molar-refractivity contribution is -0.185. The molecule has 44 heavy (non-hydrogen) atoms. The minimum Gasteiger partial charge on any atom is -0.450 e. The molecule has 0 unspecified atom stereocenters. The maximum absolute atomic E-state index is 14.5. The molecule has 228 valence electrons. The Balaban J connectivity index is 1.58. The van der Waals surface area contributed by atoms with Crippen molar-refractivity contribution < 1.29 is 29.0 Å². The van der Waals surface area contributed by atoms with E-state index in [-0.39, 0.29) is 31.3 Å². The van der Waals surface area contributed by atoms with Gasteiger partial charge in [-0.25, -0.2) is 4.79 Å². The third kappa shape index (κ3) is 6.83. The Hall–Kier alpha value is -4.10. The monoisotopic (exact) mass is 635 g/mol. The van der Waals surface area contributed by atoms with Gasteiger partial charge in [0.1, 0.15) is 24.4 Å². The molecule has 2 fully saturated rings. The SMILES string of the molecule is CCC[C@@H](C(=O)N1CC(OC(=O)O)C1)N1C(=O)[C@@H](Cc2ccc(C#N)cc2)O[C@H](c2ccc(Cl)cc2)[C@@H]1c1ccc(Cl)cc1. The highest BCUT2D eigenvalue weighted by Gasteiger charge is 2.50. The van der Waals surface area contributed by atoms with Crippen LogP contribution in [-0.4, -0.2) is 64.2 Å². The molecule has 1 N–H and O–H groups in total. The molecule has 3 aromatic rings. The number of nitriles is 1. The fourth-order valence-electron chi connectivity index (χ4n) is 5.78. The molecule has 5 rings (SSSR count). The largest absolute Gasteiger partial charge is 0.506 e. The number of ether oxygens (including phenoxy) is 2. The summed E-state index contributed by atoms with van der Waals surface area (Å²) in [7, 11) is 0. The average Bonchev–Trinajstić information content (AvgIpc) is 2.99. The standard InChI is InChI=1S/C33H31Cl2N3O6/c1-2-3-27(31(39)37-18-26(19-37)43-33(41)42)38-29(22-8-12-24(34)13-9-22)30(23-10-14-25(35)15-11-23)44-28(32(38)40)16-20-4-6-21(17-36)7-5-20/h4-15,26-30H,2-3,16,18-19H2,1H3,(H,41,42)/t27-,28+,29-,30+/m0/s1. The first-order valence-electron chi connectivity index (χ1n) is 14.3. The summed E-state index contributed by atoms with van der Waals surface area (Å²) in [4.78, 5) is 42.8. The van der Waals surface area contributed by atoms with Crippen molar-refractivity contribution in [3.63, 3.8) is 0 Å². The van der Waals surface area contributed by atoms with Gasteiger partial charge in [-0.05, 0) is 59.5 Å². The van der Waals surface area contributed by atoms with Gasteiger partial charge in [-0.2, -0.15) is 5.26 Å². The van der Waals surface area contributed by atoms with E-state index in [2.05, 4.69) is 6.07 Å². The second kappa shape index (κ2) is 13.7. The van der Waals surface area contributed by atoms with Crippen LogP contribution >= 0.6 is 23.2 Å². The zero-order valence-electron chi connectivity index (χ0n) is 23.9. The quantitative estimate of drug-likeness (QED) is 0.278. The number of benzene rings is 3. The molecule has 2 aliphatic heterocycles. The molecule has 4 atom stereocenters. The van der Waals surface area contributed by atoms with Crippen LogP contribution in [0.1, 0.15) is 54.2 Å². The van der Waals surface area contributed by atoms with Crippen molar-refractivity contribution in [3.05, 3.63) is 105 Å². The van der Waals surface area contributed by atoms with Crippen LogP contribution in [0.4, 0.5) is 4.79 Å². The van der Waals surface area contributed by atoms with Crippen molar-refractivity contribution in [2.45, 2.75) is 56.6 Å². The summed E-state index contributed by atoms with van der Waals surface area (Å²) in [6.07, 6.45) is -2.38. The van der Waals surface area contributed by atoms with Crippen LogP contribution in [0.2, 0.25) is 10.0 Å². The van der Waals surface area contributed by atoms with E-state index in [4.69, 9.17) is 37.8 Å². The summed E-state index contributed by atoms with van der Waals surface area (Å²) in [5, 5.41) is 19.3. The second-order valence-electron chi connectivity index (χ2n) is 10.9. The summed E-state index contributed by atoms with van der Waals surface area (Å²) in [6.45, 7) is 2.18. The van der Waals surface area contributed by atoms with Gasteiger partial charge < -0.3 is 24.4 Å². The number of carboxylic acid groups (broad SMARTS) is 1. The topological polar surface area (TPSA) is 120 Å². The van der Waals surface area contributed by atoms with E-state index in [1.807, 2.05) is 31.2 Å². The van der Waals surface area contributed by atoms with Crippen LogP contribution in [0.25, 0.3) is 0 Å². The van der Waals surface area contributed by atoms with Gasteiger partial charge in [-0.3, -0.25) is 9.59 Å². The molecule has 0 radical (unpaired) electrons. The Kier molecular flexibility index (Phi) is 9.74. The number of carbonyl (C=O) groups is 3. The summed E-state index contributed by atoms with van der Waals surface area (Å²) in [5.74, 6) is -0.622. The fourth-order valence-corrected chi connectivity index (χ4v) is 6.03. The molecule has 0 bridgehead atoms. The first-order valence-corrected chi connectivity index (χ1v) is 15.1. The number of amides is 2. The lowest BCUT2D eigenvalue weighted by Crippen LogP contribution is -2.63. The van der Waals surface area contributed by atoms with E-state index in [1.54, 1.807) is 53.4 Å². The average molecular weight is 637 g/mol. The highest BCUT2D eigenvalue weighted by molar-refractivity contribution is 6.30. The summed E-state index contributed by atoms with van der Waals surface area (Å²) in [6, 6.07) is 21.9. The maximum atomic E-state index is 14.5. The predicted molar refractivity (Wildman–Crippen MR) is 163 cm³/mol. The minimum absolute atomic E-state index is 0.116. The molecule has 0 spiro atoms. The van der Waals surface area contributed by atoms with Gasteiger partial charge in [-0.1, -0.05) is 72.9 Å². The van der Waals surface area contributed by atoms with Gasteiger partial charge in [0, 0.05) is 16.5 Å². The third-order valence-electron chi connectivity index (χ3n) is 7.95. The Morgan fingerprint density at radius 3 is 2.14 bits per heavy atom. The van der Waals surface area contributed by atoms with Crippen LogP contribution in [0.15, 0.2) is 72.8 Å². The minimum atomic E-state index is -1.39. The summed E-state index contributed by atoms with van der Waals surface area (Å²) < 4.78 is 11.5. The third-order valence-corrected chi connectivity index (χ3v) is 8.46. The van der Waals surface area contributed by atoms with Crippen LogP contribution in [-0.2, 0) is 25.5 Å². The van der Waals surface area contributed by atoms with Gasteiger partial charge in [0.25, 0.3) is 5.91 Å². The molecule has 0 aromatic heterocycles. The van der Waals surface area contributed by atoms with Crippen LogP contribution in [0.5, 0.6) is 0 Å². The lowest BCUT2D eigenvalue weighted by Gasteiger charge is -2.49. The van der Waals surface area contributed by atoms with Gasteiger partial charge >= 0.3 is 6.16 Å². The number of nitrogens with zero attached hydrogens (tertiary/aromatic N) is 3. The Morgan fingerprint density at radius 1 is 1.00 bits per heavy atom. The number of likely N-dealkylation sites (tertiary alicyclic amines) is 1. The highest BCUT2D eigenvalue weighted by atomic mass is 35.5. The van der Waals surface area contributed by atoms with Crippen molar-refractivity contribution in [2.24, 2.45) is 0 Å². The van der Waals surface area contributed by atoms with Crippen molar-refractivity contribution in [1.82, 2.24) is 9.80 Å². The molecular weight excluding hydrogens is 605 g/mol. The van der Waals surface area contributed by atoms with Crippen LogP contribution in [0, 0.1) is 11.3 Å². The van der Waals surface area contributed by atoms with Crippen LogP contribution in [0.3, 0.4) is 0 Å². The Morgan fingerprint density at radius 2 is 1.59 bits per heavy atom. The zero-order chi connectivity index (χ0) is 31.4. The first-order chi connectivity index (χ1) is 21.2. The van der Waals surface area contributed by atoms with E-state index in [0.717, 1.165) is 16.7 Å². The number of morpholine rings is 1. The highest BCUT2D eigenvalue weighted by Crippen LogP contribution is 2.45. The van der Waals surface area contributed by atoms with E-state index in [0.29, 0.717) is 28.5 Å². The van der Waals surface area contributed by atoms with E-state index >= 15 is 0 Å². The van der Waals surface area contributed by atoms with Gasteiger partial charge in [0.15, 0.2) is 0 Å². The Bertz CT molecular complexity index is 1540. The summed E-state index contributed by atoms with van der Waals surface area (Å²) >= 11 is 12.5. The number of rotatable bonds is 9. The second-order valence-corrected chi connectivity index (χ2v) is 11.8. The molecular formula is C33H31Cl2N3O6. The van der Waals surface area contributed by atoms with Gasteiger partial charge in [0.05, 0.1) is 30.8 Å². The van der Waals surface area contributed by atoms with Crippen molar-refractivity contribution in [1.29, 1.82) is 5.26 Å². The van der Waals surface area contributed by atoms with Gasteiger partial charge in [0.2, 0.25) is 5.91 Å². The smallest absolute Gasteiger partial charge is 0.450 e. The molecule has 0 aliphatic carbocycles. The molecule has 0 saturated carbocycles. The molecule has 2 heterocycles. The number of hydrogen-bond donors (Lipinski definition) is 1. The number of carbonyl (C=O) groups excluding carboxylic acids is 2. The maximum Gasteiger partial charge on any atom is 0.506 e. The number of halogens is 2. The van der Waals surface area contributed by atoms with Crippen molar-refractivity contribution >= 4 is 41.2 Å². The van der Waals surface area contributed by atoms with Crippen molar-refractivity contribution in [2.75, 3.05) is 13.1 Å². The normalized spacial score (nSPS) is 20.9. The van der Waals surface area contributed by atoms with Crippen molar-refractivity contribution in [3.8, 4) is 6.07 Å². The molecule has 11 heteroatoms. The molecule has 2 amide bonds. The molecule has 3 aromatic carbocycles. The molecule has 9 nitrogen and oxygen atoms in total. The summed E-state index contributed by atoms with van der Waals surface area (Å²) in [5.41, 5.74) is 2.82. The number of hydrogen-bond acceptors (Lipinski definition) is 6. The fraction of sp³-hybridized carbons (Fsp3) is 0.333. The zero-order valence-corrected chi connectivity index (χ0v) is 25.4. The Labute approximate surface area is 265 Å². The lowest BCUT2D eigenvalue weighted by atomic mass is 9.88. The van der Waals surface area contributed by atoms with E-state index < -0.39 is 36.6 Å². The first kappa shape index (κ1) is 31.3. The van der Waals surface area contributed by atoms with E-state index in [9.17, 15) is 19.6 Å². The molecule has 2 saturated heterocycles. The van der Waals surface area contributed by atoms with Gasteiger partial charge in [-0.15, -0.1) is 0 Å². The predicted octanol–water partition coefficient (Wildman–Crippen LogP) is 6.19. The van der Waals surface area contributed by atoms with E-state index in [1.165, 1.54) is 4.90 Å². The molecule has 2 aliphatic rings. The van der Waals surface area contributed by atoms with Crippen LogP contribution < -0.4 is 0 Å².